The molecule has 19 heavy (non-hydrogen) atoms. The highest BCUT2D eigenvalue weighted by Crippen LogP contribution is 2.48. The topological polar surface area (TPSA) is 18.5 Å². The molecule has 0 radical (unpaired) electrons. The van der Waals surface area contributed by atoms with Crippen LogP contribution in [0.1, 0.15) is 34.4 Å². The van der Waals surface area contributed by atoms with Crippen LogP contribution in [-0.4, -0.2) is 6.79 Å². The first-order valence-electron chi connectivity index (χ1n) is 6.45. The molecule has 0 amide bonds. The molecule has 0 spiro atoms. The molecule has 2 aromatic rings. The largest absolute Gasteiger partial charge is 0.454 e. The quantitative estimate of drug-likeness (QED) is 0.723. The number of fused-ring (bicyclic) bond motifs is 2. The smallest absolute Gasteiger partial charge is 0.231 e. The van der Waals surface area contributed by atoms with Gasteiger partial charge in [0.2, 0.25) is 6.79 Å². The van der Waals surface area contributed by atoms with Gasteiger partial charge in [-0.1, -0.05) is 30.3 Å². The molecule has 0 fully saturated rings. The predicted octanol–water partition coefficient (Wildman–Crippen LogP) is 4.23. The first-order valence-corrected chi connectivity index (χ1v) is 6.89. The standard InChI is InChI=1S/C16H13ClO2/c17-14-8-13(11-3-1-2-4-12(11)14)10-5-6-15-16(7-10)19-9-18-15/h1-7,13-14H,8-9H2/t13-,14+/m1/s1. The zero-order valence-corrected chi connectivity index (χ0v) is 11.1. The summed E-state index contributed by atoms with van der Waals surface area (Å²) in [5.74, 6) is 2.03. The molecule has 1 aliphatic heterocycles. The zero-order chi connectivity index (χ0) is 12.8. The number of ether oxygens (including phenoxy) is 2. The molecule has 0 bridgehead atoms. The van der Waals surface area contributed by atoms with Crippen molar-refractivity contribution in [1.82, 2.24) is 0 Å². The van der Waals surface area contributed by atoms with Gasteiger partial charge in [-0.2, -0.15) is 0 Å². The molecular weight excluding hydrogens is 260 g/mol. The molecule has 2 nitrogen and oxygen atoms in total. The SMILES string of the molecule is Cl[C@H]1C[C@H](c2ccc3c(c2)OCO3)c2ccccc21. The second-order valence-electron chi connectivity index (χ2n) is 5.00. The number of hydrogen-bond donors (Lipinski definition) is 0. The molecule has 2 atom stereocenters. The van der Waals surface area contributed by atoms with Crippen LogP contribution in [0.5, 0.6) is 11.5 Å². The summed E-state index contributed by atoms with van der Waals surface area (Å²) in [6.45, 7) is 0.318. The van der Waals surface area contributed by atoms with E-state index in [1.54, 1.807) is 0 Å². The van der Waals surface area contributed by atoms with Crippen LogP contribution in [0.15, 0.2) is 42.5 Å². The van der Waals surface area contributed by atoms with Crippen LogP contribution in [0.4, 0.5) is 0 Å². The van der Waals surface area contributed by atoms with Crippen LogP contribution in [0.3, 0.4) is 0 Å². The van der Waals surface area contributed by atoms with Crippen LogP contribution in [0.2, 0.25) is 0 Å². The fourth-order valence-corrected chi connectivity index (χ4v) is 3.40. The lowest BCUT2D eigenvalue weighted by molar-refractivity contribution is 0.174. The van der Waals surface area contributed by atoms with Gasteiger partial charge in [0.05, 0.1) is 5.38 Å². The Bertz CT molecular complexity index is 638. The molecule has 0 aromatic heterocycles. The van der Waals surface area contributed by atoms with E-state index in [9.17, 15) is 0 Å². The fraction of sp³-hybridized carbons (Fsp3) is 0.250. The summed E-state index contributed by atoms with van der Waals surface area (Å²) >= 11 is 6.45. The van der Waals surface area contributed by atoms with Crippen LogP contribution >= 0.6 is 11.6 Å². The van der Waals surface area contributed by atoms with Gasteiger partial charge in [0.15, 0.2) is 11.5 Å². The van der Waals surface area contributed by atoms with Crippen molar-refractivity contribution in [3.05, 3.63) is 59.2 Å². The van der Waals surface area contributed by atoms with Crippen molar-refractivity contribution < 1.29 is 9.47 Å². The highest BCUT2D eigenvalue weighted by molar-refractivity contribution is 6.21. The molecule has 3 heteroatoms. The summed E-state index contributed by atoms with van der Waals surface area (Å²) in [6.07, 6.45) is 0.945. The minimum Gasteiger partial charge on any atom is -0.454 e. The molecule has 0 saturated heterocycles. The van der Waals surface area contributed by atoms with Gasteiger partial charge in [0, 0.05) is 5.92 Å². The van der Waals surface area contributed by atoms with Crippen molar-refractivity contribution >= 4 is 11.6 Å². The Hall–Kier alpha value is -1.67. The zero-order valence-electron chi connectivity index (χ0n) is 10.3. The first kappa shape index (κ1) is 11.2. The summed E-state index contributed by atoms with van der Waals surface area (Å²) in [5, 5.41) is 0.103. The second-order valence-corrected chi connectivity index (χ2v) is 5.52. The van der Waals surface area contributed by atoms with Crippen LogP contribution in [0.25, 0.3) is 0 Å². The van der Waals surface area contributed by atoms with Gasteiger partial charge in [-0.05, 0) is 35.2 Å². The highest BCUT2D eigenvalue weighted by atomic mass is 35.5. The summed E-state index contributed by atoms with van der Waals surface area (Å²) in [5.41, 5.74) is 3.84. The van der Waals surface area contributed by atoms with Gasteiger partial charge < -0.3 is 9.47 Å². The summed E-state index contributed by atoms with van der Waals surface area (Å²) < 4.78 is 10.8. The number of halogens is 1. The van der Waals surface area contributed by atoms with E-state index in [1.165, 1.54) is 16.7 Å². The Morgan fingerprint density at radius 3 is 2.63 bits per heavy atom. The molecule has 96 valence electrons. The Morgan fingerprint density at radius 1 is 0.947 bits per heavy atom. The Kier molecular flexibility index (Phi) is 2.46. The van der Waals surface area contributed by atoms with E-state index >= 15 is 0 Å². The molecule has 1 aliphatic carbocycles. The third kappa shape index (κ3) is 1.71. The van der Waals surface area contributed by atoms with Crippen LogP contribution < -0.4 is 9.47 Å². The second kappa shape index (κ2) is 4.17. The minimum atomic E-state index is 0.103. The number of benzene rings is 2. The minimum absolute atomic E-state index is 0.103. The summed E-state index contributed by atoms with van der Waals surface area (Å²) in [4.78, 5) is 0. The molecule has 1 heterocycles. The normalized spacial score (nSPS) is 23.4. The van der Waals surface area contributed by atoms with Crippen molar-refractivity contribution in [2.45, 2.75) is 17.7 Å². The average Bonchev–Trinajstić information content (AvgIpc) is 3.03. The van der Waals surface area contributed by atoms with Crippen LogP contribution in [-0.2, 0) is 0 Å². The number of rotatable bonds is 1. The fourth-order valence-electron chi connectivity index (χ4n) is 3.02. The maximum atomic E-state index is 6.45. The average molecular weight is 273 g/mol. The van der Waals surface area contributed by atoms with Gasteiger partial charge in [-0.25, -0.2) is 0 Å². The molecule has 0 N–H and O–H groups in total. The van der Waals surface area contributed by atoms with Crippen LogP contribution in [0, 0.1) is 0 Å². The maximum absolute atomic E-state index is 6.45. The van der Waals surface area contributed by atoms with Gasteiger partial charge >= 0.3 is 0 Å². The van der Waals surface area contributed by atoms with Crippen molar-refractivity contribution in [3.8, 4) is 11.5 Å². The van der Waals surface area contributed by atoms with E-state index in [4.69, 9.17) is 21.1 Å². The van der Waals surface area contributed by atoms with Crippen molar-refractivity contribution in [2.75, 3.05) is 6.79 Å². The van der Waals surface area contributed by atoms with Gasteiger partial charge in [-0.3, -0.25) is 0 Å². The highest BCUT2D eigenvalue weighted by Gasteiger charge is 2.31. The molecule has 0 saturated carbocycles. The van der Waals surface area contributed by atoms with E-state index in [-0.39, 0.29) is 5.38 Å². The van der Waals surface area contributed by atoms with E-state index in [0.717, 1.165) is 17.9 Å². The van der Waals surface area contributed by atoms with Gasteiger partial charge in [0.1, 0.15) is 0 Å². The lowest BCUT2D eigenvalue weighted by Gasteiger charge is -2.12. The summed E-state index contributed by atoms with van der Waals surface area (Å²) in [6, 6.07) is 14.6. The molecule has 2 aromatic carbocycles. The maximum Gasteiger partial charge on any atom is 0.231 e. The van der Waals surface area contributed by atoms with Crippen molar-refractivity contribution in [1.29, 1.82) is 0 Å². The van der Waals surface area contributed by atoms with Crippen molar-refractivity contribution in [3.63, 3.8) is 0 Å². The van der Waals surface area contributed by atoms with E-state index in [1.807, 2.05) is 6.07 Å². The monoisotopic (exact) mass is 272 g/mol. The van der Waals surface area contributed by atoms with E-state index in [2.05, 4.69) is 36.4 Å². The van der Waals surface area contributed by atoms with Crippen molar-refractivity contribution in [2.24, 2.45) is 0 Å². The summed E-state index contributed by atoms with van der Waals surface area (Å²) in [7, 11) is 0. The molecular formula is C16H13ClO2. The van der Waals surface area contributed by atoms with Gasteiger partial charge in [0.25, 0.3) is 0 Å². The molecule has 2 aliphatic rings. The molecule has 0 unspecified atom stereocenters. The third-order valence-electron chi connectivity index (χ3n) is 3.95. The molecule has 4 rings (SSSR count). The Morgan fingerprint density at radius 2 is 1.74 bits per heavy atom. The van der Waals surface area contributed by atoms with E-state index < -0.39 is 0 Å². The number of hydrogen-bond acceptors (Lipinski definition) is 2. The lowest BCUT2D eigenvalue weighted by Crippen LogP contribution is -1.96. The lowest BCUT2D eigenvalue weighted by atomic mass is 9.93. The first-order chi connectivity index (χ1) is 9.33. The number of alkyl halides is 1. The Balaban J connectivity index is 1.78. The Labute approximate surface area is 116 Å². The van der Waals surface area contributed by atoms with E-state index in [0.29, 0.717) is 12.7 Å². The predicted molar refractivity (Wildman–Crippen MR) is 74.1 cm³/mol. The third-order valence-corrected chi connectivity index (χ3v) is 4.36. The van der Waals surface area contributed by atoms with Gasteiger partial charge in [-0.15, -0.1) is 11.6 Å².